The lowest BCUT2D eigenvalue weighted by molar-refractivity contribution is -0.123. The fourth-order valence-corrected chi connectivity index (χ4v) is 5.26. The molecule has 0 aliphatic heterocycles. The minimum Gasteiger partial charge on any atom is -0.508 e. The molecule has 13 heteroatoms. The second-order valence-corrected chi connectivity index (χ2v) is 11.0. The van der Waals surface area contributed by atoms with Gasteiger partial charge in [-0.2, -0.15) is 0 Å². The van der Waals surface area contributed by atoms with Crippen molar-refractivity contribution in [3.8, 4) is 16.9 Å². The van der Waals surface area contributed by atoms with Crippen LogP contribution in [0.1, 0.15) is 22.6 Å². The van der Waals surface area contributed by atoms with Crippen LogP contribution < -0.4 is 16.0 Å². The molecule has 0 radical (unpaired) electrons. The summed E-state index contributed by atoms with van der Waals surface area (Å²) in [5, 5.41) is 17.5. The molecule has 3 amide bonds. The zero-order chi connectivity index (χ0) is 34.7. The molecule has 0 saturated carbocycles. The van der Waals surface area contributed by atoms with Crippen molar-refractivity contribution in [2.45, 2.75) is 18.4 Å². The zero-order valence-electron chi connectivity index (χ0n) is 27.7. The Bertz CT molecular complexity index is 1420. The normalized spacial score (nSPS) is 12.4. The van der Waals surface area contributed by atoms with Crippen LogP contribution in [-0.4, -0.2) is 109 Å². The van der Waals surface area contributed by atoms with Crippen molar-refractivity contribution in [2.75, 3.05) is 79.7 Å². The van der Waals surface area contributed by atoms with Crippen LogP contribution in [0, 0.1) is 0 Å². The summed E-state index contributed by atoms with van der Waals surface area (Å²) >= 11 is 0. The Morgan fingerprint density at radius 1 is 0.673 bits per heavy atom. The maximum atomic E-state index is 13.2. The van der Waals surface area contributed by atoms with E-state index in [1.165, 1.54) is 19.2 Å². The molecule has 264 valence electrons. The number of phenolic OH excluding ortho intramolecular Hbond substituents is 1. The standard InChI is InChI=1S/C36H45N3O10/c1-37-35(42)48-23-22-47-21-20-46-19-18-45-17-16-44-15-14-38-34(41)33(24-26-10-12-27(40)13-11-26)39-36(43)49-25-32-30-8-4-2-6-28(30)29-7-3-5-9-31(29)32/h2-13,32-33,40H,14-25H2,1H3,(H,37,42)(H,38,41)(H,39,43)/t33-/m1/s1. The highest BCUT2D eigenvalue weighted by molar-refractivity contribution is 5.86. The third kappa shape index (κ3) is 12.4. The van der Waals surface area contributed by atoms with Crippen molar-refractivity contribution in [1.29, 1.82) is 0 Å². The highest BCUT2D eigenvalue weighted by atomic mass is 16.6. The number of carbonyl (C=O) groups excluding carboxylic acids is 3. The zero-order valence-corrected chi connectivity index (χ0v) is 27.7. The number of aromatic hydroxyl groups is 1. The van der Waals surface area contributed by atoms with Crippen LogP contribution in [0.2, 0.25) is 0 Å². The number of nitrogens with one attached hydrogen (secondary N) is 3. The van der Waals surface area contributed by atoms with Crippen LogP contribution in [-0.2, 0) is 39.6 Å². The van der Waals surface area contributed by atoms with Gasteiger partial charge in [-0.3, -0.25) is 4.79 Å². The van der Waals surface area contributed by atoms with Gasteiger partial charge in [-0.15, -0.1) is 0 Å². The number of rotatable bonds is 21. The summed E-state index contributed by atoms with van der Waals surface area (Å²) < 4.78 is 32.2. The average molecular weight is 680 g/mol. The molecule has 1 aliphatic rings. The fraction of sp³-hybridized carbons (Fsp3) is 0.417. The minimum absolute atomic E-state index is 0.107. The van der Waals surface area contributed by atoms with Gasteiger partial charge in [0.1, 0.15) is 25.0 Å². The van der Waals surface area contributed by atoms with E-state index in [2.05, 4.69) is 28.1 Å². The lowest BCUT2D eigenvalue weighted by Crippen LogP contribution is -2.49. The lowest BCUT2D eigenvalue weighted by Gasteiger charge is -2.20. The number of benzene rings is 3. The Kier molecular flexibility index (Phi) is 15.6. The van der Waals surface area contributed by atoms with E-state index in [0.717, 1.165) is 27.8 Å². The van der Waals surface area contributed by atoms with Crippen LogP contribution in [0.25, 0.3) is 11.1 Å². The van der Waals surface area contributed by atoms with E-state index in [4.69, 9.17) is 28.4 Å². The van der Waals surface area contributed by atoms with Crippen LogP contribution in [0.15, 0.2) is 72.8 Å². The quantitative estimate of drug-likeness (QED) is 0.123. The molecular formula is C36H45N3O10. The SMILES string of the molecule is CNC(=O)OCCOCCOCCOCCOCCNC(=O)[C@@H](Cc1ccc(O)cc1)NC(=O)OCC1c2ccccc2-c2ccccc21. The van der Waals surface area contributed by atoms with Crippen LogP contribution in [0.3, 0.4) is 0 Å². The molecule has 0 fully saturated rings. The van der Waals surface area contributed by atoms with Crippen LogP contribution >= 0.6 is 0 Å². The summed E-state index contributed by atoms with van der Waals surface area (Å²) in [5.74, 6) is -0.387. The van der Waals surface area contributed by atoms with Crippen molar-refractivity contribution in [2.24, 2.45) is 0 Å². The molecule has 4 rings (SSSR count). The molecule has 0 unspecified atom stereocenters. The molecule has 4 N–H and O–H groups in total. The van der Waals surface area contributed by atoms with Crippen molar-refractivity contribution < 1.29 is 47.9 Å². The van der Waals surface area contributed by atoms with Crippen molar-refractivity contribution in [1.82, 2.24) is 16.0 Å². The topological polar surface area (TPSA) is 163 Å². The highest BCUT2D eigenvalue weighted by Crippen LogP contribution is 2.44. The van der Waals surface area contributed by atoms with E-state index in [0.29, 0.717) is 46.2 Å². The third-order valence-corrected chi connectivity index (χ3v) is 7.66. The molecule has 0 saturated heterocycles. The second-order valence-electron chi connectivity index (χ2n) is 11.0. The Balaban J connectivity index is 1.12. The number of fused-ring (bicyclic) bond motifs is 3. The van der Waals surface area contributed by atoms with E-state index >= 15 is 0 Å². The molecule has 3 aromatic carbocycles. The number of hydrogen-bond donors (Lipinski definition) is 4. The molecule has 1 aliphatic carbocycles. The predicted octanol–water partition coefficient (Wildman–Crippen LogP) is 3.38. The van der Waals surface area contributed by atoms with Gasteiger partial charge in [0.05, 0.1) is 52.9 Å². The molecule has 0 bridgehead atoms. The largest absolute Gasteiger partial charge is 0.508 e. The van der Waals surface area contributed by atoms with Gasteiger partial charge < -0.3 is 49.5 Å². The number of ether oxygens (including phenoxy) is 6. The van der Waals surface area contributed by atoms with Gasteiger partial charge in [-0.25, -0.2) is 9.59 Å². The predicted molar refractivity (Wildman–Crippen MR) is 180 cm³/mol. The highest BCUT2D eigenvalue weighted by Gasteiger charge is 2.30. The summed E-state index contributed by atoms with van der Waals surface area (Å²) in [6, 6.07) is 21.7. The molecule has 3 aromatic rings. The Labute approximate surface area is 286 Å². The van der Waals surface area contributed by atoms with Gasteiger partial charge in [-0.05, 0) is 39.9 Å². The van der Waals surface area contributed by atoms with Gasteiger partial charge >= 0.3 is 12.2 Å². The first kappa shape index (κ1) is 37.1. The first-order chi connectivity index (χ1) is 24.0. The third-order valence-electron chi connectivity index (χ3n) is 7.66. The van der Waals surface area contributed by atoms with E-state index in [-0.39, 0.29) is 50.4 Å². The van der Waals surface area contributed by atoms with E-state index < -0.39 is 18.2 Å². The Morgan fingerprint density at radius 2 is 1.20 bits per heavy atom. The van der Waals surface area contributed by atoms with Crippen LogP contribution in [0.4, 0.5) is 9.59 Å². The summed E-state index contributed by atoms with van der Waals surface area (Å²) in [7, 11) is 1.49. The van der Waals surface area contributed by atoms with Gasteiger partial charge in [0.25, 0.3) is 0 Å². The summed E-state index contributed by atoms with van der Waals surface area (Å²) in [5.41, 5.74) is 5.20. The maximum Gasteiger partial charge on any atom is 0.407 e. The Morgan fingerprint density at radius 3 is 1.78 bits per heavy atom. The molecule has 0 aromatic heterocycles. The van der Waals surface area contributed by atoms with E-state index in [9.17, 15) is 19.5 Å². The first-order valence-corrected chi connectivity index (χ1v) is 16.3. The molecule has 0 heterocycles. The fourth-order valence-electron chi connectivity index (χ4n) is 5.26. The maximum absolute atomic E-state index is 13.2. The van der Waals surface area contributed by atoms with Gasteiger partial charge in [-0.1, -0.05) is 60.7 Å². The molecule has 1 atom stereocenters. The second kappa shape index (κ2) is 20.6. The molecular weight excluding hydrogens is 634 g/mol. The lowest BCUT2D eigenvalue weighted by atomic mass is 9.98. The molecule has 13 nitrogen and oxygen atoms in total. The first-order valence-electron chi connectivity index (χ1n) is 16.3. The molecule has 0 spiro atoms. The van der Waals surface area contributed by atoms with Gasteiger partial charge in [0.2, 0.25) is 5.91 Å². The van der Waals surface area contributed by atoms with E-state index in [1.807, 2.05) is 36.4 Å². The smallest absolute Gasteiger partial charge is 0.407 e. The number of amides is 3. The Hall–Kier alpha value is -4.69. The summed E-state index contributed by atoms with van der Waals surface area (Å²) in [6.45, 7) is 3.32. The summed E-state index contributed by atoms with van der Waals surface area (Å²) in [6.07, 6.45) is -0.995. The van der Waals surface area contributed by atoms with Crippen molar-refractivity contribution >= 4 is 18.1 Å². The molecule has 49 heavy (non-hydrogen) atoms. The van der Waals surface area contributed by atoms with Crippen molar-refractivity contribution in [3.63, 3.8) is 0 Å². The average Bonchev–Trinajstić information content (AvgIpc) is 3.44. The van der Waals surface area contributed by atoms with Gasteiger partial charge in [0, 0.05) is 25.9 Å². The number of phenols is 1. The van der Waals surface area contributed by atoms with Crippen LogP contribution in [0.5, 0.6) is 5.75 Å². The monoisotopic (exact) mass is 679 g/mol. The number of hydrogen-bond acceptors (Lipinski definition) is 10. The minimum atomic E-state index is -0.912. The van der Waals surface area contributed by atoms with Gasteiger partial charge in [0.15, 0.2) is 0 Å². The van der Waals surface area contributed by atoms with Crippen molar-refractivity contribution in [3.05, 3.63) is 89.5 Å². The number of alkyl carbamates (subject to hydrolysis) is 2. The summed E-state index contributed by atoms with van der Waals surface area (Å²) in [4.78, 5) is 37.1. The van der Waals surface area contributed by atoms with E-state index in [1.54, 1.807) is 12.1 Å². The number of carbonyl (C=O) groups is 3.